The molecule has 24 N–H and O–H groups in total. The molecule has 0 unspecified atom stereocenters. The number of H-pyrrole nitrogens is 3. The molecule has 3 aliphatic rings. The maximum absolute atomic E-state index is 16.0. The van der Waals surface area contributed by atoms with Crippen molar-refractivity contribution in [2.75, 3.05) is 65.4 Å². The van der Waals surface area contributed by atoms with Gasteiger partial charge in [0.25, 0.3) is 0 Å². The summed E-state index contributed by atoms with van der Waals surface area (Å²) < 4.78 is 0. The predicted octanol–water partition coefficient (Wildman–Crippen LogP) is -1.19. The van der Waals surface area contributed by atoms with Crippen LogP contribution in [0, 0.1) is 11.3 Å². The topological polar surface area (TPSA) is 662 Å². The number of primary amides is 1. The standard InChI is InChI=1S/C94H134N24O20S/c1-9-11-27-73-86(131)107-65(26-19-35-100-94(97)98)83(128)113-72(81(126)103-47-77(96)121)49-139-50-78(122)105-69(38-54-30-32-58(119)33-31-54)89(134)114(6)53(5)80(125)110-71(43-79(123)124)91(136)117-36-20-29-74(117)87(132)109-67(41-57-46-99-51-104-57)85(130)111-68(37-52(3)4)92(137)118-48-59(120)42-76(118)88(133)108-66(39-55-44-101-62-23-15-13-21-60(55)62)84(129)106-64(25-17-18-34-95)82(127)112-70(40-56-45-102-63-24-16-14-22-61(56)63)90(135)116(8)75(28-12-10-2)93(138)115(73)7/h13-16,21-24,30-33,44-46,51-53,59,64-76,101-102,119-120H,9-12,17-20,25-29,34-43,47-50,95H2,1-8H3,(H2,96,121)(H,99,104)(H,103,126)(H,105,122)(H,106,129)(H,107,131)(H,108,133)(H,109,132)(H,110,125)(H,111,130)(H,112,127)(H,113,128)(H,123,124)(H4,97,98,100)/t53-,59+,64-,65-,66-,67-,68-,69-,70-,71+,72-,73-,74-,75-,76-/m0/s1. The maximum Gasteiger partial charge on any atom is 0.305 e. The molecule has 0 radical (unpaired) electrons. The van der Waals surface area contributed by atoms with Crippen LogP contribution < -0.4 is 75.7 Å². The van der Waals surface area contributed by atoms with Crippen molar-refractivity contribution in [3.05, 3.63) is 120 Å². The number of amides is 16. The third-order valence-corrected chi connectivity index (χ3v) is 26.1. The minimum atomic E-state index is -1.91. The van der Waals surface area contributed by atoms with Crippen LogP contribution in [0.4, 0.5) is 0 Å². The van der Waals surface area contributed by atoms with Crippen molar-refractivity contribution in [1.29, 1.82) is 5.41 Å². The molecule has 3 aliphatic heterocycles. The smallest absolute Gasteiger partial charge is 0.305 e. The summed E-state index contributed by atoms with van der Waals surface area (Å²) in [6.07, 6.45) is 4.25. The van der Waals surface area contributed by atoms with Crippen molar-refractivity contribution >= 4 is 140 Å². The van der Waals surface area contributed by atoms with Crippen LogP contribution in [-0.2, 0) is 107 Å². The highest BCUT2D eigenvalue weighted by Crippen LogP contribution is 2.29. The Kier molecular flexibility index (Phi) is 41.3. The lowest BCUT2D eigenvalue weighted by molar-refractivity contribution is -0.149. The number of hydrogen-bond donors (Lipinski definition) is 21. The number of carboxylic acids is 1. The number of nitrogens with zero attached hydrogens (tertiary/aromatic N) is 6. The summed E-state index contributed by atoms with van der Waals surface area (Å²) in [7, 11) is 3.95. The van der Waals surface area contributed by atoms with Gasteiger partial charge in [-0.3, -0.25) is 86.9 Å². The fraction of sp³-hybridized carbons (Fsp3) is 0.543. The first-order valence-electron chi connectivity index (χ1n) is 47.1. The summed E-state index contributed by atoms with van der Waals surface area (Å²) in [5, 5.41) is 70.9. The Morgan fingerprint density at radius 2 is 1.09 bits per heavy atom. The third kappa shape index (κ3) is 31.1. The van der Waals surface area contributed by atoms with E-state index in [1.807, 2.05) is 26.0 Å². The lowest BCUT2D eigenvalue weighted by Crippen LogP contribution is -2.61. The second kappa shape index (κ2) is 52.7. The number of likely N-dealkylation sites (N-methyl/N-ethyl adjacent to an activating group) is 3. The number of nitrogens with two attached hydrogens (primary N) is 3. The first-order chi connectivity index (χ1) is 66.3. The monoisotopic (exact) mass is 1950 g/mol. The Hall–Kier alpha value is -13.7. The summed E-state index contributed by atoms with van der Waals surface area (Å²) in [6.45, 7) is 7.28. The van der Waals surface area contributed by atoms with Crippen molar-refractivity contribution < 1.29 is 96.8 Å². The van der Waals surface area contributed by atoms with E-state index in [0.717, 1.165) is 26.5 Å². The molecule has 16 amide bonds. The minimum absolute atomic E-state index is 0.00913. The number of imidazole rings is 1. The average molecular weight is 1950 g/mol. The molecule has 0 saturated carbocycles. The summed E-state index contributed by atoms with van der Waals surface area (Å²) in [5.41, 5.74) is 20.2. The van der Waals surface area contributed by atoms with Crippen LogP contribution in [0.5, 0.6) is 5.75 Å². The molecule has 6 heterocycles. The van der Waals surface area contributed by atoms with E-state index >= 15 is 43.2 Å². The van der Waals surface area contributed by atoms with Crippen molar-refractivity contribution in [1.82, 2.24) is 103 Å². The molecule has 9 rings (SSSR count). The molecule has 756 valence electrons. The van der Waals surface area contributed by atoms with E-state index in [2.05, 4.69) is 78.4 Å². The highest BCUT2D eigenvalue weighted by atomic mass is 32.2. The number of carbonyl (C=O) groups is 17. The molecule has 3 saturated heterocycles. The van der Waals surface area contributed by atoms with Crippen LogP contribution in [0.25, 0.3) is 21.8 Å². The predicted molar refractivity (Wildman–Crippen MR) is 514 cm³/mol. The lowest BCUT2D eigenvalue weighted by atomic mass is 9.99. The highest BCUT2D eigenvalue weighted by Gasteiger charge is 2.47. The number of carboxylic acid groups (broad SMARTS) is 1. The van der Waals surface area contributed by atoms with E-state index in [0.29, 0.717) is 70.6 Å². The van der Waals surface area contributed by atoms with Gasteiger partial charge in [-0.25, -0.2) is 4.98 Å². The Morgan fingerprint density at radius 3 is 1.68 bits per heavy atom. The molecule has 44 nitrogen and oxygen atoms in total. The molecule has 45 heteroatoms. The van der Waals surface area contributed by atoms with E-state index in [4.69, 9.17) is 22.6 Å². The molecule has 6 aromatic rings. The van der Waals surface area contributed by atoms with Crippen LogP contribution in [-0.4, -0.2) is 322 Å². The van der Waals surface area contributed by atoms with Gasteiger partial charge in [-0.1, -0.05) is 102 Å². The van der Waals surface area contributed by atoms with Crippen molar-refractivity contribution in [3.63, 3.8) is 0 Å². The Bertz CT molecular complexity index is 5310. The zero-order valence-corrected chi connectivity index (χ0v) is 80.5. The quantitative estimate of drug-likeness (QED) is 0.0149. The Balaban J connectivity index is 1.12. The van der Waals surface area contributed by atoms with Gasteiger partial charge in [0.05, 0.1) is 36.8 Å². The number of fused-ring (bicyclic) bond motifs is 4. The van der Waals surface area contributed by atoms with Gasteiger partial charge in [-0.15, -0.1) is 11.8 Å². The number of thioether (sulfide) groups is 1. The zero-order chi connectivity index (χ0) is 101. The number of phenolic OH excluding ortho intramolecular Hbond substituents is 1. The molecular weight excluding hydrogens is 1820 g/mol. The lowest BCUT2D eigenvalue weighted by Gasteiger charge is -2.36. The third-order valence-electron chi connectivity index (χ3n) is 25.0. The van der Waals surface area contributed by atoms with E-state index in [1.54, 1.807) is 62.6 Å². The van der Waals surface area contributed by atoms with Crippen LogP contribution in [0.15, 0.2) is 97.7 Å². The molecule has 3 aromatic heterocycles. The molecular formula is C94H134N24O20S. The van der Waals surface area contributed by atoms with Gasteiger partial charge in [0.2, 0.25) is 94.5 Å². The van der Waals surface area contributed by atoms with E-state index in [-0.39, 0.29) is 127 Å². The van der Waals surface area contributed by atoms with Gasteiger partial charge < -0.3 is 130 Å². The fourth-order valence-electron chi connectivity index (χ4n) is 17.3. The number of nitrogens with one attached hydrogen (secondary N) is 15. The van der Waals surface area contributed by atoms with Crippen molar-refractivity contribution in [2.24, 2.45) is 23.1 Å². The molecule has 3 aromatic carbocycles. The van der Waals surface area contributed by atoms with Gasteiger partial charge >= 0.3 is 5.97 Å². The Labute approximate surface area is 809 Å². The number of aromatic amines is 3. The minimum Gasteiger partial charge on any atom is -0.508 e. The number of hydrogen-bond acceptors (Lipinski definition) is 23. The number of phenols is 1. The summed E-state index contributed by atoms with van der Waals surface area (Å²) >= 11 is 0.758. The number of aliphatic hydroxyl groups excluding tert-OH is 1. The second-order valence-corrected chi connectivity index (χ2v) is 37.0. The number of unbranched alkanes of at least 4 members (excludes halogenated alkanes) is 3. The first-order valence-corrected chi connectivity index (χ1v) is 48.3. The molecule has 139 heavy (non-hydrogen) atoms. The van der Waals surface area contributed by atoms with Gasteiger partial charge in [0, 0.05) is 119 Å². The number of aliphatic carboxylic acids is 1. The number of rotatable bonds is 29. The van der Waals surface area contributed by atoms with E-state index in [9.17, 15) is 53.7 Å². The van der Waals surface area contributed by atoms with Crippen LogP contribution in [0.3, 0.4) is 0 Å². The fourth-order valence-corrected chi connectivity index (χ4v) is 18.2. The molecule has 0 spiro atoms. The second-order valence-electron chi connectivity index (χ2n) is 36.0. The maximum atomic E-state index is 16.0. The van der Waals surface area contributed by atoms with Crippen LogP contribution in [0.1, 0.15) is 160 Å². The van der Waals surface area contributed by atoms with Gasteiger partial charge in [0.15, 0.2) is 5.96 Å². The largest absolute Gasteiger partial charge is 0.508 e. The number of aliphatic hydroxyl groups is 1. The number of aromatic nitrogens is 4. The number of para-hydroxylation sites is 2. The number of aromatic hydroxyl groups is 1. The first kappa shape index (κ1) is 109. The molecule has 0 bridgehead atoms. The zero-order valence-electron chi connectivity index (χ0n) is 79.7. The van der Waals surface area contributed by atoms with Crippen molar-refractivity contribution in [2.45, 2.75) is 254 Å². The normalized spacial score (nSPS) is 24.4. The molecule has 3 fully saturated rings. The SMILES string of the molecule is CCCC[C@H]1C(=O)N(C)[C@@H](CCCC)C(=O)N[C@@H](CCCNC(=N)N)C(=O)N[C@H](C(=O)NCC(N)=O)CSCC(=O)N[C@@H](Cc2ccc(O)cc2)C(=O)N(C)[C@@H](C)C(=O)N[C@H](CC(=O)O)C(=O)N2CCC[C@H]2C(=O)N[C@@H](Cc2c[nH]cn2)C(=O)N[C@@H](CC(C)C)C(=O)N2C[C@H](O)C[C@H]2C(=O)N[C@@H](Cc2c[nH]c3ccccc23)C(=O)N[C@@H](CCCCN)C(=O)N[C@@H](Cc2c[nH]c3ccccc23)C(=O)N1C. The number of carbonyl (C=O) groups excluding carboxylic acids is 16. The molecule has 0 aliphatic carbocycles. The summed E-state index contributed by atoms with van der Waals surface area (Å²) in [4.78, 5) is 271. The average Bonchev–Trinajstić information content (AvgIpc) is 0.834. The number of guanidine groups is 1. The summed E-state index contributed by atoms with van der Waals surface area (Å²) in [5.74, 6) is -18.2. The van der Waals surface area contributed by atoms with Crippen molar-refractivity contribution in [3.8, 4) is 5.75 Å². The van der Waals surface area contributed by atoms with Crippen LogP contribution >= 0.6 is 11.8 Å². The highest BCUT2D eigenvalue weighted by molar-refractivity contribution is 8.00. The van der Waals surface area contributed by atoms with Gasteiger partial charge in [-0.2, -0.15) is 0 Å². The van der Waals surface area contributed by atoms with E-state index < -0.39 is 228 Å². The summed E-state index contributed by atoms with van der Waals surface area (Å²) in [6, 6.07) is -1.65. The van der Waals surface area contributed by atoms with Crippen LogP contribution in [0.2, 0.25) is 0 Å². The van der Waals surface area contributed by atoms with Gasteiger partial charge in [0.1, 0.15) is 90.3 Å². The number of benzene rings is 3. The molecule has 15 atom stereocenters. The van der Waals surface area contributed by atoms with Gasteiger partial charge in [-0.05, 0) is 125 Å². The van der Waals surface area contributed by atoms with E-state index in [1.165, 1.54) is 74.7 Å². The Morgan fingerprint density at radius 1 is 0.554 bits per heavy atom.